The van der Waals surface area contributed by atoms with Crippen LogP contribution in [0.3, 0.4) is 0 Å². The molecule has 6 rings (SSSR count). The van der Waals surface area contributed by atoms with Crippen LogP contribution >= 0.6 is 11.3 Å². The van der Waals surface area contributed by atoms with Gasteiger partial charge < -0.3 is 10.8 Å². The Bertz CT molecular complexity index is 1560. The minimum atomic E-state index is -0.699. The summed E-state index contributed by atoms with van der Waals surface area (Å²) in [5.74, 6) is 0. The average Bonchev–Trinajstić information content (AvgIpc) is 3.47. The lowest BCUT2D eigenvalue weighted by atomic mass is 9.63. The van der Waals surface area contributed by atoms with E-state index in [-0.39, 0.29) is 0 Å². The molecule has 0 unspecified atom stereocenters. The number of hydrogen-bond acceptors (Lipinski definition) is 7. The maximum atomic E-state index is 10.2. The van der Waals surface area contributed by atoms with E-state index in [4.69, 9.17) is 15.7 Å². The van der Waals surface area contributed by atoms with E-state index < -0.39 is 11.1 Å². The number of allylic oxidation sites excluding steroid dienone is 1. The zero-order valence-electron chi connectivity index (χ0n) is 19.0. The number of aromatic nitrogens is 5. The molecule has 0 radical (unpaired) electrons. The second-order valence-electron chi connectivity index (χ2n) is 9.53. The zero-order chi connectivity index (χ0) is 23.7. The van der Waals surface area contributed by atoms with E-state index in [1.165, 1.54) is 0 Å². The molecule has 1 fully saturated rings. The maximum absolute atomic E-state index is 10.2. The van der Waals surface area contributed by atoms with Crippen molar-refractivity contribution in [3.8, 4) is 21.8 Å². The van der Waals surface area contributed by atoms with Crippen LogP contribution in [0.5, 0.6) is 0 Å². The number of thiophene rings is 1. The molecule has 0 atom stereocenters. The molecule has 7 nitrogen and oxygen atoms in total. The SMILES string of the molecule is C=C(C)c1cc2ncc3nc(-c4cccs4)c(-c4ccc([C@]5(N)C[C@](C)(O)C5)cc4)nc3n2n1. The summed E-state index contributed by atoms with van der Waals surface area (Å²) in [5.41, 5.74) is 12.5. The van der Waals surface area contributed by atoms with E-state index in [1.807, 2.05) is 61.7 Å². The van der Waals surface area contributed by atoms with Gasteiger partial charge in [0.05, 0.1) is 28.1 Å². The Kier molecular flexibility index (Phi) is 4.51. The summed E-state index contributed by atoms with van der Waals surface area (Å²) in [5, 5.41) is 16.9. The second-order valence-corrected chi connectivity index (χ2v) is 10.5. The highest BCUT2D eigenvalue weighted by Gasteiger charge is 2.49. The van der Waals surface area contributed by atoms with Crippen LogP contribution in [-0.4, -0.2) is 35.3 Å². The topological polar surface area (TPSA) is 102 Å². The minimum Gasteiger partial charge on any atom is -0.390 e. The first-order valence-electron chi connectivity index (χ1n) is 11.1. The van der Waals surface area contributed by atoms with Gasteiger partial charge in [-0.05, 0) is 49.3 Å². The van der Waals surface area contributed by atoms with Gasteiger partial charge >= 0.3 is 0 Å². The largest absolute Gasteiger partial charge is 0.390 e. The molecule has 0 spiro atoms. The molecule has 1 aliphatic rings. The Hall–Kier alpha value is -3.46. The van der Waals surface area contributed by atoms with Gasteiger partial charge in [0.2, 0.25) is 0 Å². The summed E-state index contributed by atoms with van der Waals surface area (Å²) < 4.78 is 1.73. The lowest BCUT2D eigenvalue weighted by Gasteiger charge is -2.49. The van der Waals surface area contributed by atoms with Gasteiger partial charge in [-0.2, -0.15) is 9.61 Å². The van der Waals surface area contributed by atoms with Gasteiger partial charge in [0.1, 0.15) is 11.2 Å². The average molecular weight is 469 g/mol. The van der Waals surface area contributed by atoms with Crippen molar-refractivity contribution in [3.05, 3.63) is 71.9 Å². The number of fused-ring (bicyclic) bond motifs is 3. The summed E-state index contributed by atoms with van der Waals surface area (Å²) in [6.45, 7) is 7.75. The molecule has 8 heteroatoms. The predicted molar refractivity (Wildman–Crippen MR) is 135 cm³/mol. The predicted octanol–water partition coefficient (Wildman–Crippen LogP) is 4.80. The fourth-order valence-corrected chi connectivity index (χ4v) is 5.61. The number of nitrogens with two attached hydrogens (primary N) is 1. The van der Waals surface area contributed by atoms with Crippen LogP contribution in [0.25, 0.3) is 44.2 Å². The lowest BCUT2D eigenvalue weighted by molar-refractivity contribution is -0.0738. The Balaban J connectivity index is 1.52. The van der Waals surface area contributed by atoms with Gasteiger partial charge in [-0.25, -0.2) is 15.0 Å². The molecule has 0 saturated heterocycles. The van der Waals surface area contributed by atoms with Crippen LogP contribution in [-0.2, 0) is 5.54 Å². The van der Waals surface area contributed by atoms with Crippen LogP contribution in [0.4, 0.5) is 0 Å². The van der Waals surface area contributed by atoms with E-state index in [0.717, 1.165) is 38.7 Å². The van der Waals surface area contributed by atoms with E-state index in [2.05, 4.69) is 16.7 Å². The Morgan fingerprint density at radius 1 is 1.15 bits per heavy atom. The molecule has 170 valence electrons. The quantitative estimate of drug-likeness (QED) is 0.393. The Morgan fingerprint density at radius 2 is 1.91 bits per heavy atom. The number of aliphatic hydroxyl groups is 1. The van der Waals surface area contributed by atoms with Crippen LogP contribution in [0.2, 0.25) is 0 Å². The summed E-state index contributed by atoms with van der Waals surface area (Å²) in [4.78, 5) is 15.6. The summed E-state index contributed by atoms with van der Waals surface area (Å²) >= 11 is 1.62. The minimum absolute atomic E-state index is 0.500. The normalized spacial score (nSPS) is 22.2. The highest BCUT2D eigenvalue weighted by Crippen LogP contribution is 2.46. The summed E-state index contributed by atoms with van der Waals surface area (Å²) in [7, 11) is 0. The summed E-state index contributed by atoms with van der Waals surface area (Å²) in [6.07, 6.45) is 2.84. The fourth-order valence-electron chi connectivity index (χ4n) is 4.89. The van der Waals surface area contributed by atoms with E-state index >= 15 is 0 Å². The van der Waals surface area contributed by atoms with Crippen molar-refractivity contribution in [1.29, 1.82) is 0 Å². The molecule has 0 amide bonds. The number of rotatable bonds is 4. The first kappa shape index (κ1) is 21.1. The van der Waals surface area contributed by atoms with Gasteiger partial charge in [0.15, 0.2) is 11.3 Å². The number of nitrogens with zero attached hydrogens (tertiary/aromatic N) is 5. The molecule has 0 aliphatic heterocycles. The fraction of sp³-hybridized carbons (Fsp3) is 0.231. The molecule has 3 N–H and O–H groups in total. The van der Waals surface area contributed by atoms with Gasteiger partial charge in [0.25, 0.3) is 0 Å². The third-order valence-corrected chi connectivity index (χ3v) is 7.31. The monoisotopic (exact) mass is 468 g/mol. The van der Waals surface area contributed by atoms with Crippen LogP contribution in [0, 0.1) is 0 Å². The first-order valence-corrected chi connectivity index (χ1v) is 12.0. The van der Waals surface area contributed by atoms with E-state index in [9.17, 15) is 5.11 Å². The van der Waals surface area contributed by atoms with E-state index in [1.54, 1.807) is 22.0 Å². The molecule has 34 heavy (non-hydrogen) atoms. The molecule has 0 bridgehead atoms. The third kappa shape index (κ3) is 3.34. The van der Waals surface area contributed by atoms with Crippen molar-refractivity contribution in [2.45, 2.75) is 37.8 Å². The Morgan fingerprint density at radius 3 is 2.56 bits per heavy atom. The van der Waals surface area contributed by atoms with Gasteiger partial charge in [-0.15, -0.1) is 11.3 Å². The van der Waals surface area contributed by atoms with Crippen molar-refractivity contribution < 1.29 is 5.11 Å². The highest BCUT2D eigenvalue weighted by atomic mass is 32.1. The molecular formula is C26H24N6OS. The number of hydrogen-bond donors (Lipinski definition) is 2. The molecule has 1 aromatic carbocycles. The van der Waals surface area contributed by atoms with Crippen molar-refractivity contribution in [1.82, 2.24) is 24.6 Å². The van der Waals surface area contributed by atoms with E-state index in [0.29, 0.717) is 29.7 Å². The van der Waals surface area contributed by atoms with Gasteiger partial charge in [-0.3, -0.25) is 0 Å². The second kappa shape index (κ2) is 7.27. The van der Waals surface area contributed by atoms with Gasteiger partial charge in [0, 0.05) is 17.2 Å². The smallest absolute Gasteiger partial charge is 0.184 e. The molecule has 4 aromatic heterocycles. The van der Waals surface area contributed by atoms with Crippen LogP contribution < -0.4 is 5.73 Å². The molecular weight excluding hydrogens is 444 g/mol. The molecule has 1 saturated carbocycles. The lowest BCUT2D eigenvalue weighted by Crippen LogP contribution is -2.58. The van der Waals surface area contributed by atoms with Crippen molar-refractivity contribution in [3.63, 3.8) is 0 Å². The molecule has 1 aliphatic carbocycles. The first-order chi connectivity index (χ1) is 16.2. The van der Waals surface area contributed by atoms with Crippen LogP contribution in [0.1, 0.15) is 37.9 Å². The third-order valence-electron chi connectivity index (χ3n) is 6.43. The van der Waals surface area contributed by atoms with Crippen molar-refractivity contribution in [2.24, 2.45) is 5.73 Å². The number of benzene rings is 1. The molecule has 4 heterocycles. The van der Waals surface area contributed by atoms with Gasteiger partial charge in [-0.1, -0.05) is 36.9 Å². The van der Waals surface area contributed by atoms with Crippen molar-refractivity contribution in [2.75, 3.05) is 0 Å². The van der Waals surface area contributed by atoms with Crippen molar-refractivity contribution >= 4 is 33.7 Å². The standard InChI is InChI=1S/C26H24N6OS/c1-15(2)18-11-21-28-12-19-24(32(21)31-18)30-22(23(29-19)20-5-4-10-34-20)16-6-8-17(9-7-16)26(27)13-25(3,33)14-26/h4-12,33H,1,13-14,27H2,2-3H3/t25-,26-. The molecule has 5 aromatic rings. The summed E-state index contributed by atoms with van der Waals surface area (Å²) in [6, 6.07) is 14.1. The Labute approximate surface area is 200 Å². The highest BCUT2D eigenvalue weighted by molar-refractivity contribution is 7.13. The van der Waals surface area contributed by atoms with Crippen LogP contribution in [0.15, 0.2) is 60.6 Å². The maximum Gasteiger partial charge on any atom is 0.184 e. The zero-order valence-corrected chi connectivity index (χ0v) is 19.8.